The van der Waals surface area contributed by atoms with E-state index < -0.39 is 6.43 Å². The van der Waals surface area contributed by atoms with Crippen LogP contribution in [0.1, 0.15) is 17.7 Å². The number of hydrogen-bond acceptors (Lipinski definition) is 3. The Morgan fingerprint density at radius 2 is 2.18 bits per heavy atom. The van der Waals surface area contributed by atoms with Crippen molar-refractivity contribution in [1.29, 1.82) is 0 Å². The highest BCUT2D eigenvalue weighted by atomic mass is 19.3. The summed E-state index contributed by atoms with van der Waals surface area (Å²) in [6, 6.07) is 2.97. The molecule has 6 heteroatoms. The minimum absolute atomic E-state index is 0.0601. The number of aromatic nitrogens is 3. The Balaban J connectivity index is 1.95. The van der Waals surface area contributed by atoms with Crippen LogP contribution in [0.3, 0.4) is 0 Å². The molecule has 0 aromatic carbocycles. The fourth-order valence-electron chi connectivity index (χ4n) is 1.37. The third kappa shape index (κ3) is 2.99. The molecule has 0 aliphatic heterocycles. The molecule has 2 aromatic heterocycles. The van der Waals surface area contributed by atoms with Crippen LogP contribution in [0.2, 0.25) is 0 Å². The van der Waals surface area contributed by atoms with Crippen LogP contribution >= 0.6 is 0 Å². The van der Waals surface area contributed by atoms with Gasteiger partial charge in [0.1, 0.15) is 0 Å². The molecular weight excluding hydrogens is 226 g/mol. The van der Waals surface area contributed by atoms with E-state index in [1.807, 2.05) is 13.2 Å². The zero-order valence-corrected chi connectivity index (χ0v) is 9.27. The molecule has 1 N–H and O–H groups in total. The maximum absolute atomic E-state index is 12.3. The van der Waals surface area contributed by atoms with Gasteiger partial charge < -0.3 is 5.32 Å². The number of pyridine rings is 1. The second kappa shape index (κ2) is 4.90. The number of halogens is 2. The first-order chi connectivity index (χ1) is 8.15. The van der Waals surface area contributed by atoms with E-state index in [2.05, 4.69) is 15.4 Å². The van der Waals surface area contributed by atoms with Crippen molar-refractivity contribution in [3.05, 3.63) is 42.0 Å². The van der Waals surface area contributed by atoms with Crippen LogP contribution < -0.4 is 5.32 Å². The van der Waals surface area contributed by atoms with Gasteiger partial charge >= 0.3 is 0 Å². The molecule has 2 heterocycles. The molecule has 0 unspecified atom stereocenters. The third-order valence-corrected chi connectivity index (χ3v) is 2.28. The van der Waals surface area contributed by atoms with Crippen molar-refractivity contribution in [2.45, 2.75) is 13.0 Å². The summed E-state index contributed by atoms with van der Waals surface area (Å²) >= 11 is 0. The van der Waals surface area contributed by atoms with Crippen molar-refractivity contribution in [2.75, 3.05) is 5.32 Å². The van der Waals surface area contributed by atoms with Crippen LogP contribution in [0.5, 0.6) is 0 Å². The van der Waals surface area contributed by atoms with Crippen molar-refractivity contribution in [1.82, 2.24) is 14.8 Å². The zero-order chi connectivity index (χ0) is 12.3. The lowest BCUT2D eigenvalue weighted by Crippen LogP contribution is -2.01. The van der Waals surface area contributed by atoms with E-state index in [-0.39, 0.29) is 5.56 Å². The molecule has 0 saturated heterocycles. The Bertz CT molecular complexity index is 478. The van der Waals surface area contributed by atoms with Crippen molar-refractivity contribution >= 4 is 5.69 Å². The van der Waals surface area contributed by atoms with Crippen LogP contribution in [-0.4, -0.2) is 14.8 Å². The molecule has 0 spiro atoms. The first-order valence-corrected chi connectivity index (χ1v) is 5.10. The maximum Gasteiger partial charge on any atom is 0.265 e. The highest BCUT2D eigenvalue weighted by molar-refractivity contribution is 5.38. The Hall–Kier alpha value is -1.98. The SMILES string of the molecule is Cn1cc(NCc2ccc(C(F)F)cn2)cn1. The van der Waals surface area contributed by atoms with Gasteiger partial charge in [-0.3, -0.25) is 9.67 Å². The van der Waals surface area contributed by atoms with Gasteiger partial charge in [-0.05, 0) is 12.1 Å². The first-order valence-electron chi connectivity index (χ1n) is 5.10. The Morgan fingerprint density at radius 1 is 1.35 bits per heavy atom. The summed E-state index contributed by atoms with van der Waals surface area (Å²) in [5.74, 6) is 0. The summed E-state index contributed by atoms with van der Waals surface area (Å²) in [5, 5.41) is 7.10. The topological polar surface area (TPSA) is 42.7 Å². The molecule has 17 heavy (non-hydrogen) atoms. The fourth-order valence-corrected chi connectivity index (χ4v) is 1.37. The molecule has 0 aliphatic carbocycles. The highest BCUT2D eigenvalue weighted by Crippen LogP contribution is 2.17. The third-order valence-electron chi connectivity index (χ3n) is 2.28. The molecule has 4 nitrogen and oxygen atoms in total. The van der Waals surface area contributed by atoms with Gasteiger partial charge in [-0.1, -0.05) is 0 Å². The molecule has 0 atom stereocenters. The molecule has 2 aromatic rings. The monoisotopic (exact) mass is 238 g/mol. The van der Waals surface area contributed by atoms with Crippen molar-refractivity contribution < 1.29 is 8.78 Å². The van der Waals surface area contributed by atoms with Crippen LogP contribution in [0.25, 0.3) is 0 Å². The Labute approximate surface area is 97.3 Å². The van der Waals surface area contributed by atoms with E-state index in [9.17, 15) is 8.78 Å². The Morgan fingerprint density at radius 3 is 2.71 bits per heavy atom. The molecule has 0 radical (unpaired) electrons. The lowest BCUT2D eigenvalue weighted by Gasteiger charge is -2.04. The van der Waals surface area contributed by atoms with Gasteiger partial charge in [0.2, 0.25) is 0 Å². The summed E-state index contributed by atoms with van der Waals surface area (Å²) in [6.45, 7) is 0.481. The average molecular weight is 238 g/mol. The van der Waals surface area contributed by atoms with Gasteiger partial charge in [0.25, 0.3) is 6.43 Å². The summed E-state index contributed by atoms with van der Waals surface area (Å²) in [6.07, 6.45) is 2.24. The number of alkyl halides is 2. The van der Waals surface area contributed by atoms with Gasteiger partial charge in [-0.25, -0.2) is 8.78 Å². The van der Waals surface area contributed by atoms with Gasteiger partial charge in [0, 0.05) is 25.0 Å². The molecule has 0 bridgehead atoms. The number of anilines is 1. The second-order valence-electron chi connectivity index (χ2n) is 3.64. The maximum atomic E-state index is 12.3. The van der Waals surface area contributed by atoms with Crippen LogP contribution in [-0.2, 0) is 13.6 Å². The highest BCUT2D eigenvalue weighted by Gasteiger charge is 2.06. The average Bonchev–Trinajstić information content (AvgIpc) is 2.73. The van der Waals surface area contributed by atoms with Gasteiger partial charge in [-0.15, -0.1) is 0 Å². The van der Waals surface area contributed by atoms with Gasteiger partial charge in [0.15, 0.2) is 0 Å². The molecule has 2 rings (SSSR count). The molecular formula is C11H12F2N4. The normalized spacial score (nSPS) is 10.8. The van der Waals surface area contributed by atoms with Crippen LogP contribution in [0.4, 0.5) is 14.5 Å². The minimum Gasteiger partial charge on any atom is -0.377 e. The molecule has 0 fully saturated rings. The second-order valence-corrected chi connectivity index (χ2v) is 3.64. The van der Waals surface area contributed by atoms with Crippen molar-refractivity contribution in [3.8, 4) is 0 Å². The summed E-state index contributed by atoms with van der Waals surface area (Å²) in [4.78, 5) is 3.95. The van der Waals surface area contributed by atoms with Gasteiger partial charge in [0.05, 0.1) is 24.1 Å². The number of aryl methyl sites for hydroxylation is 1. The minimum atomic E-state index is -2.47. The van der Waals surface area contributed by atoms with Crippen LogP contribution in [0, 0.1) is 0 Å². The molecule has 90 valence electrons. The zero-order valence-electron chi connectivity index (χ0n) is 9.27. The summed E-state index contributed by atoms with van der Waals surface area (Å²) in [5.41, 5.74) is 1.51. The first kappa shape index (κ1) is 11.5. The summed E-state index contributed by atoms with van der Waals surface area (Å²) in [7, 11) is 1.82. The van der Waals surface area contributed by atoms with Crippen molar-refractivity contribution in [3.63, 3.8) is 0 Å². The molecule has 0 amide bonds. The number of nitrogens with zero attached hydrogens (tertiary/aromatic N) is 3. The number of hydrogen-bond donors (Lipinski definition) is 1. The van der Waals surface area contributed by atoms with E-state index in [0.717, 1.165) is 5.69 Å². The molecule has 0 aliphatic rings. The Kier molecular flexibility index (Phi) is 3.32. The van der Waals surface area contributed by atoms with Crippen LogP contribution in [0.15, 0.2) is 30.7 Å². The predicted molar refractivity (Wildman–Crippen MR) is 59.7 cm³/mol. The lowest BCUT2D eigenvalue weighted by molar-refractivity contribution is 0.151. The smallest absolute Gasteiger partial charge is 0.265 e. The summed E-state index contributed by atoms with van der Waals surface area (Å²) < 4.78 is 26.2. The lowest BCUT2D eigenvalue weighted by atomic mass is 10.2. The quantitative estimate of drug-likeness (QED) is 0.889. The standard InChI is InChI=1S/C11H12F2N4/c1-17-7-10(6-16-17)15-5-9-3-2-8(4-14-9)11(12)13/h2-4,6-7,11,15H,5H2,1H3. The number of rotatable bonds is 4. The van der Waals surface area contributed by atoms with E-state index in [1.165, 1.54) is 12.3 Å². The van der Waals surface area contributed by atoms with E-state index in [1.54, 1.807) is 16.9 Å². The van der Waals surface area contributed by atoms with Crippen molar-refractivity contribution in [2.24, 2.45) is 7.05 Å². The molecule has 0 saturated carbocycles. The van der Waals surface area contributed by atoms with E-state index in [4.69, 9.17) is 0 Å². The van der Waals surface area contributed by atoms with Gasteiger partial charge in [-0.2, -0.15) is 5.10 Å². The van der Waals surface area contributed by atoms with E-state index in [0.29, 0.717) is 12.2 Å². The van der Waals surface area contributed by atoms with E-state index >= 15 is 0 Å². The number of nitrogens with one attached hydrogen (secondary N) is 1. The predicted octanol–water partition coefficient (Wildman–Crippen LogP) is 2.36. The fraction of sp³-hybridized carbons (Fsp3) is 0.273. The largest absolute Gasteiger partial charge is 0.377 e.